The van der Waals surface area contributed by atoms with E-state index in [1.54, 1.807) is 25.1 Å². The first-order valence-corrected chi connectivity index (χ1v) is 10.3. The molecule has 0 bridgehead atoms. The Balaban J connectivity index is 2.05. The van der Waals surface area contributed by atoms with Gasteiger partial charge in [-0.05, 0) is 30.7 Å². The Bertz CT molecular complexity index is 1110. The van der Waals surface area contributed by atoms with Gasteiger partial charge in [-0.1, -0.05) is 54.7 Å². The molecule has 0 radical (unpaired) electrons. The number of carbonyl (C=O) groups is 1. The van der Waals surface area contributed by atoms with Crippen molar-refractivity contribution in [3.63, 3.8) is 0 Å². The first-order chi connectivity index (χ1) is 14.5. The van der Waals surface area contributed by atoms with Crippen molar-refractivity contribution >= 4 is 33.9 Å². The number of hydrogen-bond acceptors (Lipinski definition) is 6. The molecular formula is C23H21N3O3S. The van der Waals surface area contributed by atoms with Crippen LogP contribution in [-0.4, -0.2) is 22.6 Å². The zero-order valence-corrected chi connectivity index (χ0v) is 17.5. The lowest BCUT2D eigenvalue weighted by Gasteiger charge is -2.06. The van der Waals surface area contributed by atoms with E-state index >= 15 is 0 Å². The molecule has 3 aromatic rings. The van der Waals surface area contributed by atoms with Crippen LogP contribution in [0.1, 0.15) is 30.8 Å². The SMILES string of the molecule is CCOc1cc(C=C(C#N)c2nc(-c3ccccc3)c(NC(=O)CC)s2)ccc1O. The molecule has 1 aromatic heterocycles. The zero-order valence-electron chi connectivity index (χ0n) is 16.7. The Morgan fingerprint density at radius 1 is 1.27 bits per heavy atom. The van der Waals surface area contributed by atoms with Gasteiger partial charge in [-0.15, -0.1) is 0 Å². The number of benzene rings is 2. The van der Waals surface area contributed by atoms with E-state index in [-0.39, 0.29) is 11.7 Å². The predicted molar refractivity (Wildman–Crippen MR) is 119 cm³/mol. The van der Waals surface area contributed by atoms with Crippen LogP contribution >= 0.6 is 11.3 Å². The fourth-order valence-electron chi connectivity index (χ4n) is 2.73. The number of carbonyl (C=O) groups excluding carboxylic acids is 1. The van der Waals surface area contributed by atoms with Crippen LogP contribution in [0.5, 0.6) is 11.5 Å². The molecule has 7 heteroatoms. The smallest absolute Gasteiger partial charge is 0.224 e. The van der Waals surface area contributed by atoms with Gasteiger partial charge in [0.05, 0.1) is 12.2 Å². The van der Waals surface area contributed by atoms with Crippen molar-refractivity contribution in [1.82, 2.24) is 4.98 Å². The van der Waals surface area contributed by atoms with Gasteiger partial charge in [0.2, 0.25) is 5.91 Å². The number of nitrogens with zero attached hydrogens (tertiary/aromatic N) is 2. The Labute approximate surface area is 179 Å². The third kappa shape index (κ3) is 4.85. The summed E-state index contributed by atoms with van der Waals surface area (Å²) in [6, 6.07) is 16.6. The number of aromatic nitrogens is 1. The van der Waals surface area contributed by atoms with Gasteiger partial charge < -0.3 is 15.2 Å². The molecule has 1 amide bonds. The molecule has 0 fully saturated rings. The van der Waals surface area contributed by atoms with Gasteiger partial charge in [0.25, 0.3) is 0 Å². The molecule has 0 atom stereocenters. The van der Waals surface area contributed by atoms with Crippen LogP contribution in [0.4, 0.5) is 5.00 Å². The Hall–Kier alpha value is -3.63. The maximum absolute atomic E-state index is 12.0. The number of amides is 1. The number of hydrogen-bond donors (Lipinski definition) is 2. The van der Waals surface area contributed by atoms with Crippen LogP contribution in [0, 0.1) is 11.3 Å². The average molecular weight is 420 g/mol. The van der Waals surface area contributed by atoms with E-state index in [1.807, 2.05) is 37.3 Å². The first kappa shape index (κ1) is 21.1. The highest BCUT2D eigenvalue weighted by molar-refractivity contribution is 7.17. The summed E-state index contributed by atoms with van der Waals surface area (Å²) >= 11 is 1.25. The third-order valence-corrected chi connectivity index (χ3v) is 5.20. The minimum Gasteiger partial charge on any atom is -0.504 e. The lowest BCUT2D eigenvalue weighted by Crippen LogP contribution is -2.08. The summed E-state index contributed by atoms with van der Waals surface area (Å²) < 4.78 is 5.41. The second-order valence-electron chi connectivity index (χ2n) is 6.29. The highest BCUT2D eigenvalue weighted by Gasteiger charge is 2.17. The average Bonchev–Trinajstić information content (AvgIpc) is 3.18. The van der Waals surface area contributed by atoms with Gasteiger partial charge in [0, 0.05) is 12.0 Å². The molecule has 0 saturated carbocycles. The lowest BCUT2D eigenvalue weighted by molar-refractivity contribution is -0.115. The largest absolute Gasteiger partial charge is 0.504 e. The van der Waals surface area contributed by atoms with Gasteiger partial charge >= 0.3 is 0 Å². The van der Waals surface area contributed by atoms with E-state index in [4.69, 9.17) is 4.74 Å². The molecule has 0 aliphatic rings. The zero-order chi connectivity index (χ0) is 21.5. The number of nitrogens with one attached hydrogen (secondary N) is 1. The van der Waals surface area contributed by atoms with Crippen molar-refractivity contribution in [1.29, 1.82) is 5.26 Å². The summed E-state index contributed by atoms with van der Waals surface area (Å²) in [5.41, 5.74) is 2.52. The molecular weight excluding hydrogens is 398 g/mol. The van der Waals surface area contributed by atoms with Crippen molar-refractivity contribution in [2.45, 2.75) is 20.3 Å². The predicted octanol–water partition coefficient (Wildman–Crippen LogP) is 5.33. The van der Waals surface area contributed by atoms with E-state index in [1.165, 1.54) is 17.4 Å². The Morgan fingerprint density at radius 3 is 2.70 bits per heavy atom. The molecule has 0 spiro atoms. The van der Waals surface area contributed by atoms with Crippen molar-refractivity contribution in [3.05, 3.63) is 59.1 Å². The lowest BCUT2D eigenvalue weighted by atomic mass is 10.1. The summed E-state index contributed by atoms with van der Waals surface area (Å²) in [7, 11) is 0. The van der Waals surface area contributed by atoms with E-state index in [0.29, 0.717) is 45.6 Å². The highest BCUT2D eigenvalue weighted by Crippen LogP contribution is 2.37. The number of allylic oxidation sites excluding steroid dienone is 1. The fourth-order valence-corrected chi connectivity index (χ4v) is 3.70. The number of ether oxygens (including phenoxy) is 1. The topological polar surface area (TPSA) is 95.2 Å². The minimum atomic E-state index is -0.121. The number of rotatable bonds is 7. The standard InChI is InChI=1S/C23H21N3O3S/c1-3-20(28)25-23-21(16-8-6-5-7-9-16)26-22(30-23)17(14-24)12-15-10-11-18(27)19(13-15)29-4-2/h5-13,27H,3-4H2,1-2H3,(H,25,28). The van der Waals surface area contributed by atoms with Crippen LogP contribution < -0.4 is 10.1 Å². The van der Waals surface area contributed by atoms with E-state index in [0.717, 1.165) is 5.56 Å². The van der Waals surface area contributed by atoms with Crippen LogP contribution in [0.25, 0.3) is 22.9 Å². The summed E-state index contributed by atoms with van der Waals surface area (Å²) in [5, 5.41) is 23.6. The van der Waals surface area contributed by atoms with Crippen LogP contribution in [0.2, 0.25) is 0 Å². The molecule has 152 valence electrons. The summed E-state index contributed by atoms with van der Waals surface area (Å²) in [6.07, 6.45) is 2.02. The molecule has 0 saturated heterocycles. The van der Waals surface area contributed by atoms with E-state index < -0.39 is 0 Å². The molecule has 30 heavy (non-hydrogen) atoms. The van der Waals surface area contributed by atoms with Crippen molar-refractivity contribution < 1.29 is 14.6 Å². The van der Waals surface area contributed by atoms with Crippen molar-refractivity contribution in [3.8, 4) is 28.8 Å². The highest BCUT2D eigenvalue weighted by atomic mass is 32.1. The molecule has 2 aromatic carbocycles. The van der Waals surface area contributed by atoms with Gasteiger partial charge in [-0.2, -0.15) is 5.26 Å². The Morgan fingerprint density at radius 2 is 2.03 bits per heavy atom. The van der Waals surface area contributed by atoms with Gasteiger partial charge in [-0.25, -0.2) is 4.98 Å². The normalized spacial score (nSPS) is 11.0. The van der Waals surface area contributed by atoms with Gasteiger partial charge in [0.1, 0.15) is 21.8 Å². The molecule has 0 aliphatic heterocycles. The van der Waals surface area contributed by atoms with Gasteiger partial charge in [0.15, 0.2) is 11.5 Å². The number of phenolic OH excluding ortho intramolecular Hbond substituents is 1. The van der Waals surface area contributed by atoms with Gasteiger partial charge in [-0.3, -0.25) is 4.79 Å². The number of thiazole rings is 1. The summed E-state index contributed by atoms with van der Waals surface area (Å²) in [6.45, 7) is 4.02. The Kier molecular flexibility index (Phi) is 6.83. The van der Waals surface area contributed by atoms with Crippen molar-refractivity contribution in [2.75, 3.05) is 11.9 Å². The molecule has 6 nitrogen and oxygen atoms in total. The van der Waals surface area contributed by atoms with E-state index in [2.05, 4.69) is 16.4 Å². The quantitative estimate of drug-likeness (QED) is 0.505. The maximum Gasteiger partial charge on any atom is 0.224 e. The molecule has 1 heterocycles. The number of aromatic hydroxyl groups is 1. The van der Waals surface area contributed by atoms with E-state index in [9.17, 15) is 15.2 Å². The maximum atomic E-state index is 12.0. The number of nitriles is 1. The van der Waals surface area contributed by atoms with Crippen molar-refractivity contribution in [2.24, 2.45) is 0 Å². The third-order valence-electron chi connectivity index (χ3n) is 4.19. The second kappa shape index (κ2) is 9.72. The second-order valence-corrected chi connectivity index (χ2v) is 7.29. The fraction of sp³-hybridized carbons (Fsp3) is 0.174. The molecule has 0 aliphatic carbocycles. The minimum absolute atomic E-state index is 0.0395. The molecule has 2 N–H and O–H groups in total. The monoisotopic (exact) mass is 419 g/mol. The molecule has 3 rings (SSSR count). The number of phenols is 1. The first-order valence-electron chi connectivity index (χ1n) is 9.49. The number of anilines is 1. The molecule has 0 unspecified atom stereocenters. The summed E-state index contributed by atoms with van der Waals surface area (Å²) in [4.78, 5) is 16.6. The van der Waals surface area contributed by atoms with Crippen LogP contribution in [0.15, 0.2) is 48.5 Å². The van der Waals surface area contributed by atoms with Crippen LogP contribution in [-0.2, 0) is 4.79 Å². The summed E-state index contributed by atoms with van der Waals surface area (Å²) in [5.74, 6) is 0.269. The van der Waals surface area contributed by atoms with Crippen LogP contribution in [0.3, 0.4) is 0 Å².